The van der Waals surface area contributed by atoms with E-state index in [2.05, 4.69) is 162 Å². The monoisotopic (exact) mass is 614 g/mol. The van der Waals surface area contributed by atoms with Gasteiger partial charge in [-0.05, 0) is 65.6 Å². The molecule has 9 aromatic rings. The van der Waals surface area contributed by atoms with E-state index in [-0.39, 0.29) is 0 Å². The van der Waals surface area contributed by atoms with Crippen LogP contribution < -0.4 is 0 Å². The number of rotatable bonds is 4. The first-order chi connectivity index (χ1) is 23.8. The highest BCUT2D eigenvalue weighted by Gasteiger charge is 2.22. The van der Waals surface area contributed by atoms with Crippen LogP contribution in [0.2, 0.25) is 0 Å². The van der Waals surface area contributed by atoms with Gasteiger partial charge < -0.3 is 8.98 Å². The van der Waals surface area contributed by atoms with E-state index in [0.717, 1.165) is 67.3 Å². The van der Waals surface area contributed by atoms with Gasteiger partial charge in [-0.1, -0.05) is 121 Å². The standard InChI is InChI=1S/C45H30N2O/c1-3-13-29(14-4-1)32-19-11-23-41-44(32)36-18-8-10-22-40(36)47(41)42-24-12-20-35-34-26-25-31(27-43(34)48-45(35)42)37-28-39(30-15-5-2-6-16-30)46-38-21-9-7-17-33(37)38/h1-13,15-29H,14H2. The fourth-order valence-corrected chi connectivity index (χ4v) is 7.72. The van der Waals surface area contributed by atoms with Crippen LogP contribution >= 0.6 is 0 Å². The second kappa shape index (κ2) is 10.7. The molecule has 1 unspecified atom stereocenters. The molecule has 3 heteroatoms. The minimum atomic E-state index is 0.352. The summed E-state index contributed by atoms with van der Waals surface area (Å²) in [5.41, 5.74) is 11.8. The predicted molar refractivity (Wildman–Crippen MR) is 200 cm³/mol. The number of hydrogen-bond donors (Lipinski definition) is 0. The van der Waals surface area contributed by atoms with Gasteiger partial charge in [-0.15, -0.1) is 0 Å². The maximum absolute atomic E-state index is 6.88. The van der Waals surface area contributed by atoms with Gasteiger partial charge in [0.2, 0.25) is 0 Å². The zero-order chi connectivity index (χ0) is 31.6. The maximum atomic E-state index is 6.88. The van der Waals surface area contributed by atoms with Crippen molar-refractivity contribution < 1.29 is 4.42 Å². The Balaban J connectivity index is 1.19. The lowest BCUT2D eigenvalue weighted by Gasteiger charge is -2.15. The largest absolute Gasteiger partial charge is 0.454 e. The molecule has 226 valence electrons. The van der Waals surface area contributed by atoms with Crippen molar-refractivity contribution in [3.05, 3.63) is 169 Å². The third kappa shape index (κ3) is 4.11. The molecule has 1 aliphatic rings. The van der Waals surface area contributed by atoms with Crippen LogP contribution in [0.15, 0.2) is 168 Å². The Morgan fingerprint density at radius 1 is 0.604 bits per heavy atom. The summed E-state index contributed by atoms with van der Waals surface area (Å²) >= 11 is 0. The number of benzene rings is 6. The van der Waals surface area contributed by atoms with Gasteiger partial charge in [0.05, 0.1) is 27.9 Å². The second-order valence-electron chi connectivity index (χ2n) is 12.7. The number of aromatic nitrogens is 2. The fourth-order valence-electron chi connectivity index (χ4n) is 7.72. The molecule has 3 aromatic heterocycles. The third-order valence-corrected chi connectivity index (χ3v) is 9.93. The minimum Gasteiger partial charge on any atom is -0.454 e. The summed E-state index contributed by atoms with van der Waals surface area (Å²) in [5.74, 6) is 0.352. The lowest BCUT2D eigenvalue weighted by Crippen LogP contribution is -1.98. The number of allylic oxidation sites excluding steroid dienone is 4. The van der Waals surface area contributed by atoms with Crippen LogP contribution in [0.3, 0.4) is 0 Å². The Morgan fingerprint density at radius 3 is 2.29 bits per heavy atom. The molecule has 1 aliphatic carbocycles. The Bertz CT molecular complexity index is 2760. The van der Waals surface area contributed by atoms with Crippen LogP contribution in [0.4, 0.5) is 0 Å². The molecule has 0 amide bonds. The van der Waals surface area contributed by atoms with Crippen molar-refractivity contribution in [2.24, 2.45) is 0 Å². The number of nitrogens with zero attached hydrogens (tertiary/aromatic N) is 2. The minimum absolute atomic E-state index is 0.352. The molecule has 0 spiro atoms. The fraction of sp³-hybridized carbons (Fsp3) is 0.0444. The third-order valence-electron chi connectivity index (χ3n) is 9.93. The van der Waals surface area contributed by atoms with E-state index < -0.39 is 0 Å². The van der Waals surface area contributed by atoms with Crippen molar-refractivity contribution in [1.29, 1.82) is 0 Å². The lowest BCUT2D eigenvalue weighted by atomic mass is 9.89. The zero-order valence-electron chi connectivity index (χ0n) is 26.2. The summed E-state index contributed by atoms with van der Waals surface area (Å²) in [7, 11) is 0. The highest BCUT2D eigenvalue weighted by Crippen LogP contribution is 2.42. The summed E-state index contributed by atoms with van der Waals surface area (Å²) in [6.45, 7) is 0. The van der Waals surface area contributed by atoms with Crippen LogP contribution in [0.25, 0.3) is 82.7 Å². The van der Waals surface area contributed by atoms with E-state index in [1.807, 2.05) is 6.07 Å². The SMILES string of the molecule is C1=CCC(c2cccc3c2c2ccccc2n3-c2cccc3c2oc2cc(-c4cc(-c5ccccc5)nc5ccccc45)ccc23)C=C1. The van der Waals surface area contributed by atoms with E-state index in [4.69, 9.17) is 9.40 Å². The topological polar surface area (TPSA) is 31.0 Å². The summed E-state index contributed by atoms with van der Waals surface area (Å²) in [6.07, 6.45) is 9.92. The molecule has 10 rings (SSSR count). The van der Waals surface area contributed by atoms with Crippen LogP contribution in [0, 0.1) is 0 Å². The Hall–Kier alpha value is -6.19. The smallest absolute Gasteiger partial charge is 0.159 e. The molecule has 1 atom stereocenters. The average molecular weight is 615 g/mol. The van der Waals surface area contributed by atoms with Crippen molar-refractivity contribution >= 4 is 54.6 Å². The normalized spacial score (nSPS) is 14.6. The lowest BCUT2D eigenvalue weighted by molar-refractivity contribution is 0.666. The van der Waals surface area contributed by atoms with Gasteiger partial charge in [-0.2, -0.15) is 0 Å². The Morgan fingerprint density at radius 2 is 1.40 bits per heavy atom. The van der Waals surface area contributed by atoms with Crippen molar-refractivity contribution in [1.82, 2.24) is 9.55 Å². The molecule has 6 aromatic carbocycles. The highest BCUT2D eigenvalue weighted by atomic mass is 16.3. The molecule has 0 saturated heterocycles. The molecule has 0 bridgehead atoms. The first-order valence-electron chi connectivity index (χ1n) is 16.6. The molecule has 0 N–H and O–H groups in total. The van der Waals surface area contributed by atoms with Gasteiger partial charge in [0.25, 0.3) is 0 Å². The molecule has 3 heterocycles. The average Bonchev–Trinajstić information content (AvgIpc) is 3.71. The molecule has 0 saturated carbocycles. The number of hydrogen-bond acceptors (Lipinski definition) is 2. The van der Waals surface area contributed by atoms with Gasteiger partial charge in [0, 0.05) is 38.4 Å². The van der Waals surface area contributed by atoms with E-state index in [1.54, 1.807) is 0 Å². The number of pyridine rings is 1. The number of furan rings is 1. The van der Waals surface area contributed by atoms with E-state index in [0.29, 0.717) is 5.92 Å². The Labute approximate surface area is 277 Å². The predicted octanol–water partition coefficient (Wildman–Crippen LogP) is 12.2. The van der Waals surface area contributed by atoms with Crippen LogP contribution in [0.5, 0.6) is 0 Å². The zero-order valence-corrected chi connectivity index (χ0v) is 26.2. The molecule has 0 radical (unpaired) electrons. The van der Waals surface area contributed by atoms with Crippen molar-refractivity contribution in [3.63, 3.8) is 0 Å². The number of fused-ring (bicyclic) bond motifs is 7. The van der Waals surface area contributed by atoms with Crippen molar-refractivity contribution in [2.45, 2.75) is 12.3 Å². The van der Waals surface area contributed by atoms with E-state index >= 15 is 0 Å². The van der Waals surface area contributed by atoms with Gasteiger partial charge in [-0.25, -0.2) is 4.98 Å². The van der Waals surface area contributed by atoms with Crippen molar-refractivity contribution in [2.75, 3.05) is 0 Å². The van der Waals surface area contributed by atoms with Crippen LogP contribution in [0.1, 0.15) is 17.9 Å². The van der Waals surface area contributed by atoms with Crippen LogP contribution in [-0.4, -0.2) is 9.55 Å². The first kappa shape index (κ1) is 27.0. The van der Waals surface area contributed by atoms with Gasteiger partial charge >= 0.3 is 0 Å². The maximum Gasteiger partial charge on any atom is 0.159 e. The quantitative estimate of drug-likeness (QED) is 0.197. The van der Waals surface area contributed by atoms with Gasteiger partial charge in [0.1, 0.15) is 5.58 Å². The molecule has 0 fully saturated rings. The Kier molecular flexibility index (Phi) is 6.00. The second-order valence-corrected chi connectivity index (χ2v) is 12.7. The summed E-state index contributed by atoms with van der Waals surface area (Å²) < 4.78 is 9.28. The molecule has 3 nitrogen and oxygen atoms in total. The van der Waals surface area contributed by atoms with Crippen molar-refractivity contribution in [3.8, 4) is 28.1 Å². The van der Waals surface area contributed by atoms with Crippen LogP contribution in [-0.2, 0) is 0 Å². The van der Waals surface area contributed by atoms with E-state index in [1.165, 1.54) is 27.4 Å². The first-order valence-corrected chi connectivity index (χ1v) is 16.6. The van der Waals surface area contributed by atoms with Gasteiger partial charge in [0.15, 0.2) is 5.58 Å². The van der Waals surface area contributed by atoms with E-state index in [9.17, 15) is 0 Å². The highest BCUT2D eigenvalue weighted by molar-refractivity contribution is 6.14. The molecule has 0 aliphatic heterocycles. The molecular weight excluding hydrogens is 585 g/mol. The number of para-hydroxylation sites is 3. The molecule has 48 heavy (non-hydrogen) atoms. The molecular formula is C45H30N2O. The van der Waals surface area contributed by atoms with Gasteiger partial charge in [-0.3, -0.25) is 0 Å². The summed E-state index contributed by atoms with van der Waals surface area (Å²) in [4.78, 5) is 5.02. The summed E-state index contributed by atoms with van der Waals surface area (Å²) in [6, 6.07) is 49.7. The summed E-state index contributed by atoms with van der Waals surface area (Å²) in [5, 5.41) is 5.92.